The average molecular weight is 438 g/mol. The lowest BCUT2D eigenvalue weighted by Gasteiger charge is -2.11. The van der Waals surface area contributed by atoms with Crippen molar-refractivity contribution in [3.05, 3.63) is 75.3 Å². The molecule has 0 aliphatic rings. The number of rotatable bonds is 5. The number of fused-ring (bicyclic) bond motifs is 1. The number of ether oxygens (including phenoxy) is 1. The van der Waals surface area contributed by atoms with Gasteiger partial charge in [-0.3, -0.25) is 9.59 Å². The lowest BCUT2D eigenvalue weighted by Crippen LogP contribution is -2.30. The summed E-state index contributed by atoms with van der Waals surface area (Å²) in [5, 5.41) is 11.7. The van der Waals surface area contributed by atoms with Gasteiger partial charge in [-0.05, 0) is 43.7 Å². The smallest absolute Gasteiger partial charge is 0.293 e. The number of carbonyl (C=O) groups excluding carboxylic acids is 1. The van der Waals surface area contributed by atoms with Crippen LogP contribution in [0.1, 0.15) is 11.1 Å². The second-order valence-electron chi connectivity index (χ2n) is 7.16. The molecule has 0 radical (unpaired) electrons. The van der Waals surface area contributed by atoms with Gasteiger partial charge in [0.15, 0.2) is 0 Å². The number of halogens is 1. The minimum Gasteiger partial charge on any atom is -0.495 e. The topological polar surface area (TPSA) is 90.5 Å². The molecule has 0 aliphatic heterocycles. The summed E-state index contributed by atoms with van der Waals surface area (Å²) in [6.45, 7) is 3.75. The van der Waals surface area contributed by atoms with Gasteiger partial charge in [0.1, 0.15) is 24.1 Å². The van der Waals surface area contributed by atoms with Crippen LogP contribution in [0.3, 0.4) is 0 Å². The molecule has 0 fully saturated rings. The van der Waals surface area contributed by atoms with Crippen LogP contribution in [0.15, 0.2) is 53.6 Å². The Kier molecular flexibility index (Phi) is 5.48. The molecular weight excluding hydrogens is 418 g/mol. The molecule has 2 aromatic carbocycles. The molecule has 4 aromatic rings. The van der Waals surface area contributed by atoms with Crippen LogP contribution in [0, 0.1) is 13.8 Å². The van der Waals surface area contributed by atoms with E-state index in [9.17, 15) is 9.59 Å². The lowest BCUT2D eigenvalue weighted by molar-refractivity contribution is -0.117. The Bertz CT molecular complexity index is 1360. The maximum absolute atomic E-state index is 12.9. The number of amides is 1. The van der Waals surface area contributed by atoms with E-state index in [2.05, 4.69) is 21.6 Å². The molecule has 1 N–H and O–H groups in total. The van der Waals surface area contributed by atoms with E-state index in [1.165, 1.54) is 18.0 Å². The lowest BCUT2D eigenvalue weighted by atomic mass is 10.0. The number of methoxy groups -OCH3 is 1. The number of nitrogens with one attached hydrogen (secondary N) is 1. The van der Waals surface area contributed by atoms with Crippen molar-refractivity contribution in [3.63, 3.8) is 0 Å². The zero-order valence-electron chi connectivity index (χ0n) is 17.2. The molecule has 0 saturated heterocycles. The van der Waals surface area contributed by atoms with Crippen LogP contribution < -0.4 is 15.6 Å². The normalized spacial score (nSPS) is 11.0. The minimum absolute atomic E-state index is 0.269. The number of anilines is 1. The third kappa shape index (κ3) is 4.15. The number of benzene rings is 2. The summed E-state index contributed by atoms with van der Waals surface area (Å²) in [7, 11) is 1.49. The van der Waals surface area contributed by atoms with Crippen molar-refractivity contribution in [1.82, 2.24) is 19.4 Å². The zero-order chi connectivity index (χ0) is 22.1. The Morgan fingerprint density at radius 2 is 1.97 bits per heavy atom. The molecule has 2 heterocycles. The molecule has 0 saturated carbocycles. The van der Waals surface area contributed by atoms with Gasteiger partial charge >= 0.3 is 0 Å². The van der Waals surface area contributed by atoms with E-state index in [4.69, 9.17) is 16.3 Å². The van der Waals surface area contributed by atoms with E-state index >= 15 is 0 Å². The summed E-state index contributed by atoms with van der Waals surface area (Å²) < 4.78 is 7.74. The van der Waals surface area contributed by atoms with Gasteiger partial charge in [-0.25, -0.2) is 9.20 Å². The largest absolute Gasteiger partial charge is 0.495 e. The Balaban J connectivity index is 1.62. The van der Waals surface area contributed by atoms with Crippen molar-refractivity contribution in [2.75, 3.05) is 12.4 Å². The quantitative estimate of drug-likeness (QED) is 0.516. The molecule has 158 valence electrons. The van der Waals surface area contributed by atoms with Gasteiger partial charge < -0.3 is 10.1 Å². The van der Waals surface area contributed by atoms with Crippen molar-refractivity contribution >= 4 is 28.7 Å². The van der Waals surface area contributed by atoms with Gasteiger partial charge in [0.05, 0.1) is 18.5 Å². The number of aryl methyl sites for hydroxylation is 2. The molecule has 0 bridgehead atoms. The summed E-state index contributed by atoms with van der Waals surface area (Å²) >= 11 is 6.00. The number of carbonyl (C=O) groups is 1. The highest BCUT2D eigenvalue weighted by atomic mass is 35.5. The van der Waals surface area contributed by atoms with E-state index in [1.54, 1.807) is 24.3 Å². The highest BCUT2D eigenvalue weighted by Gasteiger charge is 2.15. The van der Waals surface area contributed by atoms with Crippen molar-refractivity contribution in [1.29, 1.82) is 0 Å². The van der Waals surface area contributed by atoms with Gasteiger partial charge in [0.25, 0.3) is 5.56 Å². The summed E-state index contributed by atoms with van der Waals surface area (Å²) in [5.41, 5.74) is 4.14. The standard InChI is InChI=1S/C22H20ClN5O3/c1-13-4-6-16(14(2)8-13)17-10-19-22(30)27(24-12-28(19)26-17)11-21(29)25-18-9-15(23)5-7-20(18)31-3/h4-10,12H,11H2,1-3H3,(H,25,29). The fourth-order valence-corrected chi connectivity index (χ4v) is 3.56. The fourth-order valence-electron chi connectivity index (χ4n) is 3.39. The minimum atomic E-state index is -0.436. The molecule has 0 atom stereocenters. The number of nitrogens with zero attached hydrogens (tertiary/aromatic N) is 4. The first-order valence-electron chi connectivity index (χ1n) is 9.52. The first-order valence-corrected chi connectivity index (χ1v) is 9.90. The van der Waals surface area contributed by atoms with Gasteiger partial charge in [0, 0.05) is 10.6 Å². The predicted octanol–water partition coefficient (Wildman–Crippen LogP) is 3.48. The molecular formula is C22H20ClN5O3. The van der Waals surface area contributed by atoms with E-state index in [0.717, 1.165) is 21.4 Å². The first kappa shape index (κ1) is 20.6. The van der Waals surface area contributed by atoms with Gasteiger partial charge in [-0.2, -0.15) is 10.2 Å². The Labute approximate surface area is 183 Å². The van der Waals surface area contributed by atoms with E-state index in [-0.39, 0.29) is 6.54 Å². The summed E-state index contributed by atoms with van der Waals surface area (Å²) in [6.07, 6.45) is 1.41. The van der Waals surface area contributed by atoms with Crippen LogP contribution in [-0.4, -0.2) is 32.4 Å². The maximum atomic E-state index is 12.9. The van der Waals surface area contributed by atoms with Gasteiger partial charge in [0.2, 0.25) is 5.91 Å². The van der Waals surface area contributed by atoms with Crippen LogP contribution in [0.25, 0.3) is 16.8 Å². The van der Waals surface area contributed by atoms with Crippen molar-refractivity contribution in [2.45, 2.75) is 20.4 Å². The van der Waals surface area contributed by atoms with E-state index < -0.39 is 11.5 Å². The molecule has 4 rings (SSSR count). The van der Waals surface area contributed by atoms with Gasteiger partial charge in [-0.1, -0.05) is 35.4 Å². The predicted molar refractivity (Wildman–Crippen MR) is 119 cm³/mol. The van der Waals surface area contributed by atoms with Gasteiger partial charge in [-0.15, -0.1) is 0 Å². The molecule has 31 heavy (non-hydrogen) atoms. The summed E-state index contributed by atoms with van der Waals surface area (Å²) in [4.78, 5) is 25.4. The summed E-state index contributed by atoms with van der Waals surface area (Å²) in [5.74, 6) is 0.0241. The molecule has 2 aromatic heterocycles. The molecule has 0 aliphatic carbocycles. The highest BCUT2D eigenvalue weighted by molar-refractivity contribution is 6.31. The maximum Gasteiger partial charge on any atom is 0.293 e. The average Bonchev–Trinajstić information content (AvgIpc) is 3.15. The Hall–Kier alpha value is -3.65. The third-order valence-corrected chi connectivity index (χ3v) is 5.11. The SMILES string of the molecule is COc1ccc(Cl)cc1NC(=O)Cn1ncn2nc(-c3ccc(C)cc3C)cc2c1=O. The van der Waals surface area contributed by atoms with Crippen molar-refractivity contribution in [3.8, 4) is 17.0 Å². The van der Waals surface area contributed by atoms with Crippen LogP contribution >= 0.6 is 11.6 Å². The molecule has 1 amide bonds. The van der Waals surface area contributed by atoms with Crippen LogP contribution in [-0.2, 0) is 11.3 Å². The molecule has 0 spiro atoms. The molecule has 0 unspecified atom stereocenters. The fraction of sp³-hybridized carbons (Fsp3) is 0.182. The highest BCUT2D eigenvalue weighted by Crippen LogP contribution is 2.27. The first-order chi connectivity index (χ1) is 14.9. The molecule has 9 heteroatoms. The van der Waals surface area contributed by atoms with Crippen molar-refractivity contribution < 1.29 is 9.53 Å². The number of aromatic nitrogens is 4. The second-order valence-corrected chi connectivity index (χ2v) is 7.60. The monoisotopic (exact) mass is 437 g/mol. The van der Waals surface area contributed by atoms with Crippen molar-refractivity contribution in [2.24, 2.45) is 0 Å². The van der Waals surface area contributed by atoms with E-state index in [1.807, 2.05) is 26.0 Å². The van der Waals surface area contributed by atoms with Crippen LogP contribution in [0.4, 0.5) is 5.69 Å². The number of hydrogen-bond acceptors (Lipinski definition) is 5. The summed E-state index contributed by atoms with van der Waals surface area (Å²) in [6, 6.07) is 12.6. The van der Waals surface area contributed by atoms with E-state index in [0.29, 0.717) is 27.7 Å². The molecule has 8 nitrogen and oxygen atoms in total. The van der Waals surface area contributed by atoms with Crippen LogP contribution in [0.5, 0.6) is 5.75 Å². The third-order valence-electron chi connectivity index (χ3n) is 4.88. The zero-order valence-corrected chi connectivity index (χ0v) is 18.0. The Morgan fingerprint density at radius 1 is 1.16 bits per heavy atom. The second kappa shape index (κ2) is 8.23. The van der Waals surface area contributed by atoms with Crippen LogP contribution in [0.2, 0.25) is 5.02 Å². The number of hydrogen-bond donors (Lipinski definition) is 1. The Morgan fingerprint density at radius 3 is 2.71 bits per heavy atom.